The first kappa shape index (κ1) is 22.0. The predicted molar refractivity (Wildman–Crippen MR) is 124 cm³/mol. The third-order valence-corrected chi connectivity index (χ3v) is 5.15. The van der Waals surface area contributed by atoms with Crippen molar-refractivity contribution in [3.8, 4) is 0 Å². The predicted octanol–water partition coefficient (Wildman–Crippen LogP) is 4.23. The van der Waals surface area contributed by atoms with Crippen LogP contribution < -0.4 is 16.8 Å². The van der Waals surface area contributed by atoms with Crippen molar-refractivity contribution in [3.63, 3.8) is 0 Å². The summed E-state index contributed by atoms with van der Waals surface area (Å²) in [7, 11) is 0. The number of aromatic nitrogens is 2. The summed E-state index contributed by atoms with van der Waals surface area (Å²) in [4.78, 5) is 18.8. The number of pyridine rings is 2. The molecule has 2 heterocycles. The van der Waals surface area contributed by atoms with Crippen LogP contribution in [-0.4, -0.2) is 21.7 Å². The second kappa shape index (κ2) is 10.3. The van der Waals surface area contributed by atoms with Gasteiger partial charge in [-0.05, 0) is 55.9 Å². The lowest BCUT2D eigenvalue weighted by Crippen LogP contribution is -2.20. The molecule has 2 amide bonds. The van der Waals surface area contributed by atoms with E-state index < -0.39 is 6.03 Å². The van der Waals surface area contributed by atoms with Crippen molar-refractivity contribution in [2.45, 2.75) is 39.0 Å². The summed E-state index contributed by atoms with van der Waals surface area (Å²) in [6.07, 6.45) is 9.85. The summed E-state index contributed by atoms with van der Waals surface area (Å²) in [6.45, 7) is 1.85. The van der Waals surface area contributed by atoms with Crippen LogP contribution in [0.5, 0.6) is 0 Å². The van der Waals surface area contributed by atoms with Crippen molar-refractivity contribution < 1.29 is 4.79 Å². The normalized spacial score (nSPS) is 12.5. The van der Waals surface area contributed by atoms with Gasteiger partial charge in [-0.3, -0.25) is 15.7 Å². The highest BCUT2D eigenvalue weighted by atomic mass is 16.2. The molecular weight excluding hydrogens is 388 g/mol. The van der Waals surface area contributed by atoms with Crippen molar-refractivity contribution in [3.05, 3.63) is 82.8 Å². The van der Waals surface area contributed by atoms with Gasteiger partial charge in [0.1, 0.15) is 5.82 Å². The molecule has 1 aliphatic rings. The smallest absolute Gasteiger partial charge is 0.317 e. The molecule has 0 bridgehead atoms. The maximum Gasteiger partial charge on any atom is 0.317 e. The van der Waals surface area contributed by atoms with Crippen molar-refractivity contribution in [2.75, 3.05) is 11.1 Å². The van der Waals surface area contributed by atoms with Crippen LogP contribution in [0.4, 0.5) is 16.3 Å². The third-order valence-electron chi connectivity index (χ3n) is 5.15. The number of carbonyl (C=O) groups excluding carboxylic acids is 1. The zero-order valence-electron chi connectivity index (χ0n) is 17.7. The number of nitrogen functional groups attached to an aromatic ring is 1. The molecule has 4 rings (SSSR count). The SMILES string of the molecule is Cc1cc(C(=N)c2cnc(NC(N)=O)cc2N)ccn1.c1ccc2c(c1)CCCCC2. The zero-order chi connectivity index (χ0) is 22.2. The van der Waals surface area contributed by atoms with Crippen LogP contribution in [0.15, 0.2) is 54.9 Å². The van der Waals surface area contributed by atoms with Gasteiger partial charge in [0, 0.05) is 41.0 Å². The Morgan fingerprint density at radius 2 is 1.71 bits per heavy atom. The van der Waals surface area contributed by atoms with Gasteiger partial charge in [0.25, 0.3) is 0 Å². The number of nitrogens with one attached hydrogen (secondary N) is 2. The van der Waals surface area contributed by atoms with Crippen molar-refractivity contribution in [1.29, 1.82) is 5.41 Å². The topological polar surface area (TPSA) is 131 Å². The highest BCUT2D eigenvalue weighted by molar-refractivity contribution is 6.13. The Labute approximate surface area is 182 Å². The fourth-order valence-electron chi connectivity index (χ4n) is 3.58. The van der Waals surface area contributed by atoms with Crippen molar-refractivity contribution in [1.82, 2.24) is 9.97 Å². The highest BCUT2D eigenvalue weighted by Gasteiger charge is 2.11. The minimum atomic E-state index is -0.718. The Morgan fingerprint density at radius 3 is 2.29 bits per heavy atom. The number of anilines is 2. The summed E-state index contributed by atoms with van der Waals surface area (Å²) in [5.74, 6) is 0.248. The van der Waals surface area contributed by atoms with E-state index in [1.54, 1.807) is 29.5 Å². The monoisotopic (exact) mass is 416 g/mol. The number of rotatable bonds is 3. The number of carbonyl (C=O) groups is 1. The Balaban J connectivity index is 0.000000207. The number of aryl methyl sites for hydroxylation is 3. The number of hydrogen-bond acceptors (Lipinski definition) is 5. The zero-order valence-corrected chi connectivity index (χ0v) is 17.7. The average molecular weight is 417 g/mol. The Kier molecular flexibility index (Phi) is 7.32. The molecule has 7 heteroatoms. The molecule has 31 heavy (non-hydrogen) atoms. The van der Waals surface area contributed by atoms with Crippen LogP contribution in [-0.2, 0) is 12.8 Å². The lowest BCUT2D eigenvalue weighted by atomic mass is 10.0. The van der Waals surface area contributed by atoms with Crippen molar-refractivity contribution in [2.24, 2.45) is 5.73 Å². The van der Waals surface area contributed by atoms with E-state index in [2.05, 4.69) is 39.6 Å². The highest BCUT2D eigenvalue weighted by Crippen LogP contribution is 2.20. The Bertz CT molecular complexity index is 1050. The molecule has 0 saturated heterocycles. The molecule has 0 unspecified atom stereocenters. The van der Waals surface area contributed by atoms with E-state index >= 15 is 0 Å². The second-order valence-corrected chi connectivity index (χ2v) is 7.54. The number of nitrogens with zero attached hydrogens (tertiary/aromatic N) is 2. The van der Waals surface area contributed by atoms with E-state index in [0.717, 1.165) is 5.69 Å². The average Bonchev–Trinajstić information content (AvgIpc) is 2.99. The van der Waals surface area contributed by atoms with E-state index in [1.807, 2.05) is 6.92 Å². The standard InChI is InChI=1S/C13H14N6O.C11H14/c1-7-4-8(2-3-17-7)12(15)9-6-18-11(5-10(9)14)19-13(16)20;1-2-6-10-8-4-5-9-11(10)7-3-1/h2-6,15H,1H3,(H5,14,16,18,19,20);4-5,8-9H,1-3,6-7H2. The van der Waals surface area contributed by atoms with Crippen LogP contribution >= 0.6 is 0 Å². The van der Waals surface area contributed by atoms with Crippen LogP contribution in [0, 0.1) is 12.3 Å². The van der Waals surface area contributed by atoms with Gasteiger partial charge >= 0.3 is 6.03 Å². The van der Waals surface area contributed by atoms with Gasteiger partial charge in [-0.15, -0.1) is 0 Å². The molecule has 1 aliphatic carbocycles. The maximum atomic E-state index is 10.7. The van der Waals surface area contributed by atoms with Crippen LogP contribution in [0.2, 0.25) is 0 Å². The molecule has 7 nitrogen and oxygen atoms in total. The van der Waals surface area contributed by atoms with Crippen molar-refractivity contribution >= 4 is 23.2 Å². The Hall–Kier alpha value is -3.74. The quantitative estimate of drug-likeness (QED) is 0.376. The summed E-state index contributed by atoms with van der Waals surface area (Å²) < 4.78 is 0. The summed E-state index contributed by atoms with van der Waals surface area (Å²) >= 11 is 0. The molecule has 6 N–H and O–H groups in total. The van der Waals surface area contributed by atoms with Gasteiger partial charge in [0.15, 0.2) is 0 Å². The van der Waals surface area contributed by atoms with Gasteiger partial charge in [-0.2, -0.15) is 0 Å². The van der Waals surface area contributed by atoms with E-state index in [1.165, 1.54) is 44.4 Å². The summed E-state index contributed by atoms with van der Waals surface area (Å²) in [5.41, 5.74) is 16.6. The fourth-order valence-corrected chi connectivity index (χ4v) is 3.58. The Morgan fingerprint density at radius 1 is 1.03 bits per heavy atom. The van der Waals surface area contributed by atoms with E-state index in [0.29, 0.717) is 16.8 Å². The number of fused-ring (bicyclic) bond motifs is 1. The number of hydrogen-bond donors (Lipinski definition) is 4. The summed E-state index contributed by atoms with van der Waals surface area (Å²) in [5, 5.41) is 10.5. The fraction of sp³-hybridized carbons (Fsp3) is 0.250. The van der Waals surface area contributed by atoms with Crippen LogP contribution in [0.1, 0.15) is 47.2 Å². The minimum Gasteiger partial charge on any atom is -0.398 e. The number of nitrogens with two attached hydrogens (primary N) is 2. The van der Waals surface area contributed by atoms with Gasteiger partial charge in [0.05, 0.1) is 5.71 Å². The van der Waals surface area contributed by atoms with Gasteiger partial charge in [-0.25, -0.2) is 9.78 Å². The van der Waals surface area contributed by atoms with Crippen LogP contribution in [0.25, 0.3) is 0 Å². The number of primary amides is 1. The first-order chi connectivity index (χ1) is 14.9. The third kappa shape index (κ3) is 6.12. The molecule has 1 aromatic carbocycles. The van der Waals surface area contributed by atoms with Gasteiger partial charge < -0.3 is 11.5 Å². The van der Waals surface area contributed by atoms with E-state index in [9.17, 15) is 4.79 Å². The molecule has 0 spiro atoms. The largest absolute Gasteiger partial charge is 0.398 e. The molecule has 0 atom stereocenters. The maximum absolute atomic E-state index is 10.7. The molecule has 160 valence electrons. The second-order valence-electron chi connectivity index (χ2n) is 7.54. The summed E-state index contributed by atoms with van der Waals surface area (Å²) in [6, 6.07) is 13.1. The molecule has 0 saturated carbocycles. The molecular formula is C24H28N6O. The van der Waals surface area contributed by atoms with Gasteiger partial charge in [-0.1, -0.05) is 30.7 Å². The first-order valence-corrected chi connectivity index (χ1v) is 10.3. The molecule has 0 aliphatic heterocycles. The van der Waals surface area contributed by atoms with E-state index in [4.69, 9.17) is 16.9 Å². The first-order valence-electron chi connectivity index (χ1n) is 10.3. The number of benzene rings is 1. The molecule has 0 fully saturated rings. The van der Waals surface area contributed by atoms with E-state index in [-0.39, 0.29) is 11.5 Å². The molecule has 2 aromatic heterocycles. The number of amides is 2. The minimum absolute atomic E-state index is 0.242. The lowest BCUT2D eigenvalue weighted by Gasteiger charge is -2.09. The van der Waals surface area contributed by atoms with Crippen LogP contribution in [0.3, 0.4) is 0 Å². The molecule has 3 aromatic rings. The molecule has 0 radical (unpaired) electrons. The van der Waals surface area contributed by atoms with Gasteiger partial charge in [0.2, 0.25) is 0 Å². The lowest BCUT2D eigenvalue weighted by molar-refractivity contribution is 0.259. The number of urea groups is 1.